The summed E-state index contributed by atoms with van der Waals surface area (Å²) in [5.41, 5.74) is -0.590. The van der Waals surface area contributed by atoms with Crippen LogP contribution in [0, 0.1) is 18.8 Å². The van der Waals surface area contributed by atoms with E-state index >= 15 is 0 Å². The molecular formula is C20H32N2O6. The average Bonchev–Trinajstić information content (AvgIpc) is 2.97. The van der Waals surface area contributed by atoms with Gasteiger partial charge in [0.05, 0.1) is 18.8 Å². The summed E-state index contributed by atoms with van der Waals surface area (Å²) >= 11 is 0. The van der Waals surface area contributed by atoms with E-state index in [9.17, 15) is 14.7 Å². The number of aromatic amines is 1. The maximum absolute atomic E-state index is 12.4. The number of hydrogen-bond acceptors (Lipinski definition) is 6. The van der Waals surface area contributed by atoms with Gasteiger partial charge in [-0.15, -0.1) is 0 Å². The number of methoxy groups -OCH3 is 1. The molecule has 0 radical (unpaired) electrons. The van der Waals surface area contributed by atoms with Crippen LogP contribution in [0.4, 0.5) is 0 Å². The maximum atomic E-state index is 12.4. The quantitative estimate of drug-likeness (QED) is 0.752. The molecule has 0 amide bonds. The second kappa shape index (κ2) is 8.90. The van der Waals surface area contributed by atoms with E-state index in [2.05, 4.69) is 11.9 Å². The van der Waals surface area contributed by atoms with Crippen molar-refractivity contribution in [2.75, 3.05) is 13.7 Å². The summed E-state index contributed by atoms with van der Waals surface area (Å²) in [5.74, 6) is 0.549. The first-order valence-electron chi connectivity index (χ1n) is 10.2. The monoisotopic (exact) mass is 396 g/mol. The van der Waals surface area contributed by atoms with E-state index < -0.39 is 35.8 Å². The molecule has 0 bridgehead atoms. The molecule has 1 aromatic heterocycles. The second-order valence-electron chi connectivity index (χ2n) is 8.13. The Balaban J connectivity index is 1.92. The molecule has 2 N–H and O–H groups in total. The summed E-state index contributed by atoms with van der Waals surface area (Å²) in [5, 5.41) is 10.9. The fraction of sp³-hybridized carbons (Fsp3) is 0.800. The number of rotatable bonds is 6. The second-order valence-corrected chi connectivity index (χ2v) is 8.13. The average molecular weight is 396 g/mol. The van der Waals surface area contributed by atoms with Gasteiger partial charge in [0.2, 0.25) is 0 Å². The number of aryl methyl sites for hydroxylation is 1. The molecule has 0 aromatic carbocycles. The fourth-order valence-electron chi connectivity index (χ4n) is 4.52. The Labute approximate surface area is 164 Å². The summed E-state index contributed by atoms with van der Waals surface area (Å²) in [6, 6.07) is 0. The predicted octanol–water partition coefficient (Wildman–Crippen LogP) is 1.35. The highest BCUT2D eigenvalue weighted by molar-refractivity contribution is 5.03. The summed E-state index contributed by atoms with van der Waals surface area (Å²) in [4.78, 5) is 26.5. The minimum Gasteiger partial charge on any atom is -0.388 e. The van der Waals surface area contributed by atoms with Gasteiger partial charge in [-0.1, -0.05) is 20.3 Å². The minimum atomic E-state index is -0.855. The summed E-state index contributed by atoms with van der Waals surface area (Å²) in [7, 11) is 1.68. The smallest absolute Gasteiger partial charge is 0.330 e. The fourth-order valence-corrected chi connectivity index (χ4v) is 4.52. The molecule has 7 atom stereocenters. The van der Waals surface area contributed by atoms with Crippen molar-refractivity contribution in [3.05, 3.63) is 32.6 Å². The number of nitrogens with zero attached hydrogens (tertiary/aromatic N) is 1. The molecule has 7 unspecified atom stereocenters. The van der Waals surface area contributed by atoms with E-state index in [0.717, 1.165) is 19.3 Å². The summed E-state index contributed by atoms with van der Waals surface area (Å²) in [6.07, 6.45) is 2.38. The van der Waals surface area contributed by atoms with Crippen LogP contribution in [-0.2, 0) is 14.2 Å². The lowest BCUT2D eigenvalue weighted by Crippen LogP contribution is -2.46. The van der Waals surface area contributed by atoms with Gasteiger partial charge in [-0.05, 0) is 32.1 Å². The third-order valence-corrected chi connectivity index (χ3v) is 6.09. The lowest BCUT2D eigenvalue weighted by Gasteiger charge is -2.39. The van der Waals surface area contributed by atoms with Crippen LogP contribution in [-0.4, -0.2) is 52.8 Å². The Morgan fingerprint density at radius 3 is 2.75 bits per heavy atom. The topological polar surface area (TPSA) is 103 Å². The molecule has 1 aliphatic heterocycles. The number of H-pyrrole nitrogens is 1. The summed E-state index contributed by atoms with van der Waals surface area (Å²) < 4.78 is 19.2. The van der Waals surface area contributed by atoms with Crippen LogP contribution in [0.1, 0.15) is 51.3 Å². The molecule has 2 aliphatic rings. The van der Waals surface area contributed by atoms with Gasteiger partial charge in [-0.3, -0.25) is 14.3 Å². The van der Waals surface area contributed by atoms with Crippen LogP contribution >= 0.6 is 0 Å². The van der Waals surface area contributed by atoms with Gasteiger partial charge in [0.25, 0.3) is 5.56 Å². The molecule has 1 saturated heterocycles. The predicted molar refractivity (Wildman–Crippen MR) is 103 cm³/mol. The van der Waals surface area contributed by atoms with Crippen molar-refractivity contribution in [1.82, 2.24) is 9.55 Å². The zero-order chi connectivity index (χ0) is 20.4. The normalized spacial score (nSPS) is 36.0. The van der Waals surface area contributed by atoms with Crippen molar-refractivity contribution in [2.24, 2.45) is 11.8 Å². The van der Waals surface area contributed by atoms with Crippen molar-refractivity contribution >= 4 is 0 Å². The molecule has 3 rings (SSSR count). The molecular weight excluding hydrogens is 364 g/mol. The highest BCUT2D eigenvalue weighted by atomic mass is 16.6. The van der Waals surface area contributed by atoms with Gasteiger partial charge in [0.15, 0.2) is 6.23 Å². The lowest BCUT2D eigenvalue weighted by molar-refractivity contribution is -0.149. The minimum absolute atomic E-state index is 0.0883. The number of hydrogen-bond donors (Lipinski definition) is 2. The highest BCUT2D eigenvalue weighted by Crippen LogP contribution is 2.38. The molecule has 1 aliphatic carbocycles. The first kappa shape index (κ1) is 21.2. The largest absolute Gasteiger partial charge is 0.388 e. The maximum Gasteiger partial charge on any atom is 0.330 e. The zero-order valence-corrected chi connectivity index (χ0v) is 17.1. The third-order valence-electron chi connectivity index (χ3n) is 6.09. The van der Waals surface area contributed by atoms with Crippen molar-refractivity contribution in [3.8, 4) is 0 Å². The van der Waals surface area contributed by atoms with E-state index in [4.69, 9.17) is 14.2 Å². The van der Waals surface area contributed by atoms with Gasteiger partial charge < -0.3 is 19.3 Å². The van der Waals surface area contributed by atoms with Crippen molar-refractivity contribution < 1.29 is 19.3 Å². The molecule has 0 spiro atoms. The Morgan fingerprint density at radius 1 is 1.32 bits per heavy atom. The van der Waals surface area contributed by atoms with Crippen LogP contribution in [0.15, 0.2) is 15.8 Å². The first-order valence-corrected chi connectivity index (χ1v) is 10.2. The number of ether oxygens (including phenoxy) is 3. The Kier molecular flexibility index (Phi) is 6.75. The van der Waals surface area contributed by atoms with Crippen LogP contribution in [0.25, 0.3) is 0 Å². The van der Waals surface area contributed by atoms with E-state index in [1.165, 1.54) is 10.8 Å². The van der Waals surface area contributed by atoms with Gasteiger partial charge in [-0.25, -0.2) is 4.79 Å². The van der Waals surface area contributed by atoms with Gasteiger partial charge in [0, 0.05) is 24.8 Å². The molecule has 1 aromatic rings. The highest BCUT2D eigenvalue weighted by Gasteiger charge is 2.48. The van der Waals surface area contributed by atoms with E-state index in [-0.39, 0.29) is 12.0 Å². The molecule has 2 fully saturated rings. The van der Waals surface area contributed by atoms with Gasteiger partial charge in [0.1, 0.15) is 12.2 Å². The molecule has 158 valence electrons. The standard InChI is InChI=1S/C20H32N2O6/c1-5-14-15(23)17(28-16-11(2)7-6-8-13(16)10-26-4)19(27-14)22-9-12(3)18(24)21-20(22)25/h9,11,13-17,19,23H,5-8,10H2,1-4H3,(H,21,24,25). The molecule has 1 saturated carbocycles. The molecule has 8 heteroatoms. The number of aliphatic hydroxyl groups excluding tert-OH is 1. The Morgan fingerprint density at radius 2 is 2.07 bits per heavy atom. The van der Waals surface area contributed by atoms with Crippen molar-refractivity contribution in [1.29, 1.82) is 0 Å². The number of aromatic nitrogens is 2. The van der Waals surface area contributed by atoms with E-state index in [1.54, 1.807) is 14.0 Å². The number of aliphatic hydroxyl groups is 1. The first-order chi connectivity index (χ1) is 13.4. The number of nitrogens with one attached hydrogen (secondary N) is 1. The molecule has 8 nitrogen and oxygen atoms in total. The van der Waals surface area contributed by atoms with Crippen LogP contribution in [0.3, 0.4) is 0 Å². The van der Waals surface area contributed by atoms with Crippen molar-refractivity contribution in [3.63, 3.8) is 0 Å². The zero-order valence-electron chi connectivity index (χ0n) is 17.1. The third kappa shape index (κ3) is 4.10. The van der Waals surface area contributed by atoms with E-state index in [0.29, 0.717) is 24.5 Å². The lowest BCUT2D eigenvalue weighted by atomic mass is 9.79. The van der Waals surface area contributed by atoms with Crippen molar-refractivity contribution in [2.45, 2.75) is 77.1 Å². The SMILES string of the molecule is CCC1OC(n2cc(C)c(=O)[nH]c2=O)C(OC2C(C)CCCC2COC)C1O. The Bertz CT molecular complexity index is 773. The Hall–Kier alpha value is -1.48. The van der Waals surface area contributed by atoms with Gasteiger partial charge >= 0.3 is 5.69 Å². The van der Waals surface area contributed by atoms with Crippen LogP contribution in [0.5, 0.6) is 0 Å². The summed E-state index contributed by atoms with van der Waals surface area (Å²) in [6.45, 7) is 6.30. The molecule has 2 heterocycles. The van der Waals surface area contributed by atoms with Crippen LogP contribution < -0.4 is 11.2 Å². The molecule has 28 heavy (non-hydrogen) atoms. The van der Waals surface area contributed by atoms with E-state index in [1.807, 2.05) is 6.92 Å². The van der Waals surface area contributed by atoms with Gasteiger partial charge in [-0.2, -0.15) is 0 Å². The van der Waals surface area contributed by atoms with Crippen LogP contribution in [0.2, 0.25) is 0 Å².